The SMILES string of the molecule is CCN(CC)C(=O)c1cnn(Cc2ccc(N3C=C(C(F)(F)F)OC3)cc2)c1. The van der Waals surface area contributed by atoms with E-state index in [0.717, 1.165) is 11.8 Å². The first-order valence-corrected chi connectivity index (χ1v) is 8.91. The molecule has 3 rings (SSSR count). The van der Waals surface area contributed by atoms with E-state index >= 15 is 0 Å². The fourth-order valence-electron chi connectivity index (χ4n) is 2.89. The van der Waals surface area contributed by atoms with Crippen molar-refractivity contribution >= 4 is 11.6 Å². The molecule has 0 spiro atoms. The molecular weight excluding hydrogens is 373 g/mol. The Labute approximate surface area is 160 Å². The van der Waals surface area contributed by atoms with Crippen LogP contribution in [0, 0.1) is 0 Å². The van der Waals surface area contributed by atoms with Crippen LogP contribution < -0.4 is 4.90 Å². The molecule has 0 N–H and O–H groups in total. The van der Waals surface area contributed by atoms with Gasteiger partial charge in [-0.15, -0.1) is 0 Å². The zero-order chi connectivity index (χ0) is 20.3. The predicted molar refractivity (Wildman–Crippen MR) is 97.6 cm³/mol. The van der Waals surface area contributed by atoms with Crippen LogP contribution in [0.25, 0.3) is 0 Å². The van der Waals surface area contributed by atoms with E-state index in [9.17, 15) is 18.0 Å². The first-order valence-electron chi connectivity index (χ1n) is 8.91. The van der Waals surface area contributed by atoms with Crippen molar-refractivity contribution in [2.24, 2.45) is 0 Å². The zero-order valence-electron chi connectivity index (χ0n) is 15.6. The lowest BCUT2D eigenvalue weighted by molar-refractivity contribution is -0.126. The number of ether oxygens (including phenoxy) is 1. The molecule has 0 saturated heterocycles. The normalized spacial score (nSPS) is 14.0. The van der Waals surface area contributed by atoms with E-state index < -0.39 is 11.9 Å². The van der Waals surface area contributed by atoms with Gasteiger partial charge in [0.15, 0.2) is 6.73 Å². The molecule has 1 aromatic carbocycles. The van der Waals surface area contributed by atoms with Gasteiger partial charge in [0, 0.05) is 25.0 Å². The molecule has 0 aliphatic carbocycles. The number of alkyl halides is 3. The van der Waals surface area contributed by atoms with Crippen LogP contribution >= 0.6 is 0 Å². The molecule has 0 unspecified atom stereocenters. The number of hydrogen-bond acceptors (Lipinski definition) is 4. The Bertz CT molecular complexity index is 855. The maximum absolute atomic E-state index is 12.7. The minimum Gasteiger partial charge on any atom is -0.466 e. The van der Waals surface area contributed by atoms with Gasteiger partial charge in [-0.3, -0.25) is 9.48 Å². The lowest BCUT2D eigenvalue weighted by Gasteiger charge is -2.17. The highest BCUT2D eigenvalue weighted by Gasteiger charge is 2.39. The number of allylic oxidation sites excluding steroid dienone is 1. The van der Waals surface area contributed by atoms with Crippen molar-refractivity contribution in [1.82, 2.24) is 14.7 Å². The molecule has 0 radical (unpaired) electrons. The van der Waals surface area contributed by atoms with Crippen molar-refractivity contribution in [3.63, 3.8) is 0 Å². The smallest absolute Gasteiger partial charge is 0.450 e. The summed E-state index contributed by atoms with van der Waals surface area (Å²) in [7, 11) is 0. The number of amides is 1. The van der Waals surface area contributed by atoms with Crippen molar-refractivity contribution in [3.8, 4) is 0 Å². The number of benzene rings is 1. The molecule has 1 aliphatic rings. The number of halogens is 3. The van der Waals surface area contributed by atoms with Crippen molar-refractivity contribution in [2.75, 3.05) is 24.7 Å². The lowest BCUT2D eigenvalue weighted by atomic mass is 10.2. The number of aromatic nitrogens is 2. The van der Waals surface area contributed by atoms with Gasteiger partial charge in [0.1, 0.15) is 0 Å². The minimum absolute atomic E-state index is 0.0621. The molecule has 1 amide bonds. The highest BCUT2D eigenvalue weighted by molar-refractivity contribution is 5.93. The topological polar surface area (TPSA) is 50.6 Å². The Morgan fingerprint density at radius 1 is 1.21 bits per heavy atom. The monoisotopic (exact) mass is 394 g/mol. The molecule has 1 aromatic heterocycles. The van der Waals surface area contributed by atoms with Gasteiger partial charge in [-0.05, 0) is 31.5 Å². The molecule has 150 valence electrons. The van der Waals surface area contributed by atoms with Gasteiger partial charge in [-0.25, -0.2) is 0 Å². The summed E-state index contributed by atoms with van der Waals surface area (Å²) in [4.78, 5) is 15.4. The van der Waals surface area contributed by atoms with Gasteiger partial charge in [-0.1, -0.05) is 12.1 Å². The molecule has 2 heterocycles. The molecule has 6 nitrogen and oxygen atoms in total. The second kappa shape index (κ2) is 7.95. The van der Waals surface area contributed by atoms with Gasteiger partial charge in [0.25, 0.3) is 5.91 Å². The summed E-state index contributed by atoms with van der Waals surface area (Å²) in [6, 6.07) is 7.06. The Morgan fingerprint density at radius 3 is 2.46 bits per heavy atom. The fraction of sp³-hybridized carbons (Fsp3) is 0.368. The highest BCUT2D eigenvalue weighted by atomic mass is 19.4. The first-order chi connectivity index (χ1) is 13.3. The third kappa shape index (κ3) is 4.29. The molecular formula is C19H21F3N4O2. The maximum atomic E-state index is 12.7. The first kappa shape index (κ1) is 19.8. The van der Waals surface area contributed by atoms with Crippen LogP contribution in [0.1, 0.15) is 29.8 Å². The van der Waals surface area contributed by atoms with Crippen LogP contribution in [0.4, 0.5) is 18.9 Å². The summed E-state index contributed by atoms with van der Waals surface area (Å²) >= 11 is 0. The minimum atomic E-state index is -4.49. The summed E-state index contributed by atoms with van der Waals surface area (Å²) < 4.78 is 44.3. The van der Waals surface area contributed by atoms with Crippen LogP contribution in [0.5, 0.6) is 0 Å². The molecule has 0 fully saturated rings. The zero-order valence-corrected chi connectivity index (χ0v) is 15.6. The van der Waals surface area contributed by atoms with E-state index in [-0.39, 0.29) is 12.6 Å². The fourth-order valence-corrected chi connectivity index (χ4v) is 2.89. The average molecular weight is 394 g/mol. The summed E-state index contributed by atoms with van der Waals surface area (Å²) in [5, 5.41) is 4.22. The van der Waals surface area contributed by atoms with Gasteiger partial charge in [0.05, 0.1) is 24.5 Å². The molecule has 0 saturated carbocycles. The number of rotatable bonds is 6. The molecule has 28 heavy (non-hydrogen) atoms. The number of hydrogen-bond donors (Lipinski definition) is 0. The Hall–Kier alpha value is -2.97. The molecule has 1 aliphatic heterocycles. The highest BCUT2D eigenvalue weighted by Crippen LogP contribution is 2.32. The van der Waals surface area contributed by atoms with E-state index in [2.05, 4.69) is 9.84 Å². The molecule has 0 atom stereocenters. The van der Waals surface area contributed by atoms with Gasteiger partial charge < -0.3 is 14.5 Å². The molecule has 0 bridgehead atoms. The van der Waals surface area contributed by atoms with E-state index in [1.165, 1.54) is 4.90 Å². The van der Waals surface area contributed by atoms with Crippen molar-refractivity contribution < 1.29 is 22.7 Å². The van der Waals surface area contributed by atoms with Crippen LogP contribution in [0.3, 0.4) is 0 Å². The van der Waals surface area contributed by atoms with E-state index in [0.29, 0.717) is 30.9 Å². The largest absolute Gasteiger partial charge is 0.466 e. The van der Waals surface area contributed by atoms with Gasteiger partial charge >= 0.3 is 6.18 Å². The Balaban J connectivity index is 1.66. The van der Waals surface area contributed by atoms with Crippen LogP contribution in [-0.4, -0.2) is 46.6 Å². The Kier molecular flexibility index (Phi) is 5.62. The summed E-state index contributed by atoms with van der Waals surface area (Å²) in [5.41, 5.74) is 2.04. The average Bonchev–Trinajstić information content (AvgIpc) is 3.33. The number of carbonyl (C=O) groups is 1. The third-order valence-electron chi connectivity index (χ3n) is 4.46. The number of anilines is 1. The van der Waals surface area contributed by atoms with E-state index in [4.69, 9.17) is 0 Å². The van der Waals surface area contributed by atoms with Crippen LogP contribution in [0.2, 0.25) is 0 Å². The maximum Gasteiger partial charge on any atom is 0.450 e. The van der Waals surface area contributed by atoms with E-state index in [1.807, 2.05) is 26.0 Å². The second-order valence-corrected chi connectivity index (χ2v) is 6.30. The lowest BCUT2D eigenvalue weighted by Crippen LogP contribution is -2.30. The van der Waals surface area contributed by atoms with Gasteiger partial charge in [-0.2, -0.15) is 18.3 Å². The van der Waals surface area contributed by atoms with E-state index in [1.54, 1.807) is 34.1 Å². The molecule has 2 aromatic rings. The Morgan fingerprint density at radius 2 is 1.89 bits per heavy atom. The van der Waals surface area contributed by atoms with Gasteiger partial charge in [0.2, 0.25) is 5.76 Å². The number of carbonyl (C=O) groups excluding carboxylic acids is 1. The van der Waals surface area contributed by atoms with Crippen molar-refractivity contribution in [2.45, 2.75) is 26.6 Å². The van der Waals surface area contributed by atoms with Crippen LogP contribution in [0.15, 0.2) is 48.6 Å². The molecule has 9 heteroatoms. The quantitative estimate of drug-likeness (QED) is 0.751. The second-order valence-electron chi connectivity index (χ2n) is 6.30. The van der Waals surface area contributed by atoms with Crippen molar-refractivity contribution in [1.29, 1.82) is 0 Å². The standard InChI is InChI=1S/C19H21F3N4O2/c1-3-24(4-2)18(27)15-9-23-26(11-15)10-14-5-7-16(8-6-14)25-12-17(28-13-25)19(20,21)22/h5-9,11-12H,3-4,10,13H2,1-2H3. The summed E-state index contributed by atoms with van der Waals surface area (Å²) in [6.45, 7) is 5.38. The predicted octanol–water partition coefficient (Wildman–Crippen LogP) is 3.61. The summed E-state index contributed by atoms with van der Waals surface area (Å²) in [5.74, 6) is -1.06. The van der Waals surface area contributed by atoms with Crippen LogP contribution in [-0.2, 0) is 11.3 Å². The van der Waals surface area contributed by atoms with Crippen molar-refractivity contribution in [3.05, 3.63) is 59.7 Å². The summed E-state index contributed by atoms with van der Waals surface area (Å²) in [6.07, 6.45) is -0.302. The number of nitrogens with zero attached hydrogens (tertiary/aromatic N) is 4. The third-order valence-corrected chi connectivity index (χ3v) is 4.46.